The van der Waals surface area contributed by atoms with E-state index in [1.807, 2.05) is 30.3 Å². The Kier molecular flexibility index (Phi) is 5.46. The molecule has 1 N–H and O–H groups in total. The van der Waals surface area contributed by atoms with Crippen molar-refractivity contribution in [3.05, 3.63) is 67.6 Å². The first-order chi connectivity index (χ1) is 9.08. The Hall–Kier alpha value is -0.350. The standard InChI is InChI=1S/C15H14Br2ClN/c1-10(13-4-2-3-5-14(13)17)19-9-11-6-7-12(16)8-15(11)18/h2-8,10,19H,9H2,1H3. The predicted molar refractivity (Wildman–Crippen MR) is 88.5 cm³/mol. The highest BCUT2D eigenvalue weighted by Gasteiger charge is 2.09. The molecule has 2 aromatic carbocycles. The van der Waals surface area contributed by atoms with Gasteiger partial charge in [0.1, 0.15) is 0 Å². The number of nitrogens with one attached hydrogen (secondary N) is 1. The van der Waals surface area contributed by atoms with Crippen LogP contribution in [0.2, 0.25) is 5.02 Å². The first-order valence-electron chi connectivity index (χ1n) is 5.99. The van der Waals surface area contributed by atoms with Crippen LogP contribution in [-0.4, -0.2) is 0 Å². The predicted octanol–water partition coefficient (Wildman–Crippen LogP) is 5.72. The van der Waals surface area contributed by atoms with Crippen molar-refractivity contribution in [2.45, 2.75) is 19.5 Å². The molecule has 0 aliphatic rings. The van der Waals surface area contributed by atoms with Crippen LogP contribution in [0.3, 0.4) is 0 Å². The van der Waals surface area contributed by atoms with Crippen molar-refractivity contribution in [2.75, 3.05) is 0 Å². The van der Waals surface area contributed by atoms with Gasteiger partial charge in [-0.05, 0) is 36.2 Å². The maximum atomic E-state index is 6.21. The molecule has 2 rings (SSSR count). The highest BCUT2D eigenvalue weighted by molar-refractivity contribution is 9.10. The Morgan fingerprint density at radius 1 is 1.16 bits per heavy atom. The van der Waals surface area contributed by atoms with Crippen molar-refractivity contribution in [1.29, 1.82) is 0 Å². The Morgan fingerprint density at radius 3 is 2.58 bits per heavy atom. The highest BCUT2D eigenvalue weighted by Crippen LogP contribution is 2.25. The molecule has 0 aromatic heterocycles. The molecule has 2 aromatic rings. The molecule has 0 heterocycles. The van der Waals surface area contributed by atoms with Crippen LogP contribution in [0.15, 0.2) is 51.4 Å². The SMILES string of the molecule is CC(NCc1ccc(Br)cc1Cl)c1ccccc1Br. The molecule has 100 valence electrons. The molecule has 1 unspecified atom stereocenters. The molecule has 0 saturated carbocycles. The van der Waals surface area contributed by atoms with E-state index in [0.29, 0.717) is 0 Å². The summed E-state index contributed by atoms with van der Waals surface area (Å²) in [5.74, 6) is 0. The summed E-state index contributed by atoms with van der Waals surface area (Å²) in [7, 11) is 0. The van der Waals surface area contributed by atoms with Gasteiger partial charge in [0.15, 0.2) is 0 Å². The van der Waals surface area contributed by atoms with Crippen LogP contribution in [-0.2, 0) is 6.54 Å². The fourth-order valence-electron chi connectivity index (χ4n) is 1.86. The zero-order valence-electron chi connectivity index (χ0n) is 10.5. The van der Waals surface area contributed by atoms with Gasteiger partial charge in [0.25, 0.3) is 0 Å². The lowest BCUT2D eigenvalue weighted by Gasteiger charge is -2.16. The van der Waals surface area contributed by atoms with E-state index in [2.05, 4.69) is 56.2 Å². The minimum absolute atomic E-state index is 0.260. The zero-order chi connectivity index (χ0) is 13.8. The summed E-state index contributed by atoms with van der Waals surface area (Å²) in [6.07, 6.45) is 0. The third-order valence-corrected chi connectivity index (χ3v) is 4.55. The Balaban J connectivity index is 2.04. The molecule has 1 atom stereocenters. The van der Waals surface area contributed by atoms with E-state index in [0.717, 1.165) is 26.1 Å². The summed E-state index contributed by atoms with van der Waals surface area (Å²) in [5.41, 5.74) is 2.35. The first-order valence-corrected chi connectivity index (χ1v) is 7.96. The summed E-state index contributed by atoms with van der Waals surface area (Å²) < 4.78 is 2.12. The maximum Gasteiger partial charge on any atom is 0.0462 e. The number of hydrogen-bond acceptors (Lipinski definition) is 1. The van der Waals surface area contributed by atoms with Crippen molar-refractivity contribution in [3.8, 4) is 0 Å². The van der Waals surface area contributed by atoms with Gasteiger partial charge < -0.3 is 5.32 Å². The van der Waals surface area contributed by atoms with Crippen molar-refractivity contribution >= 4 is 43.5 Å². The van der Waals surface area contributed by atoms with E-state index >= 15 is 0 Å². The minimum atomic E-state index is 0.260. The molecule has 0 amide bonds. The van der Waals surface area contributed by atoms with Gasteiger partial charge in [0.05, 0.1) is 0 Å². The van der Waals surface area contributed by atoms with Gasteiger partial charge in [-0.25, -0.2) is 0 Å². The summed E-state index contributed by atoms with van der Waals surface area (Å²) in [6.45, 7) is 2.89. The zero-order valence-corrected chi connectivity index (χ0v) is 14.4. The minimum Gasteiger partial charge on any atom is -0.306 e. The van der Waals surface area contributed by atoms with Crippen LogP contribution in [0, 0.1) is 0 Å². The Morgan fingerprint density at radius 2 is 1.89 bits per heavy atom. The average Bonchev–Trinajstić information content (AvgIpc) is 2.38. The lowest BCUT2D eigenvalue weighted by molar-refractivity contribution is 0.573. The van der Waals surface area contributed by atoms with Gasteiger partial charge in [-0.1, -0.05) is 67.7 Å². The number of rotatable bonds is 4. The summed E-state index contributed by atoms with van der Waals surface area (Å²) in [5, 5.41) is 4.27. The molecule has 1 nitrogen and oxygen atoms in total. The second-order valence-electron chi connectivity index (χ2n) is 4.36. The molecule has 0 aliphatic heterocycles. The van der Waals surface area contributed by atoms with E-state index < -0.39 is 0 Å². The average molecular weight is 404 g/mol. The first kappa shape index (κ1) is 15.0. The van der Waals surface area contributed by atoms with Crippen LogP contribution in [0.5, 0.6) is 0 Å². The summed E-state index contributed by atoms with van der Waals surface area (Å²) in [6, 6.07) is 14.5. The van der Waals surface area contributed by atoms with E-state index in [9.17, 15) is 0 Å². The van der Waals surface area contributed by atoms with E-state index in [1.165, 1.54) is 5.56 Å². The highest BCUT2D eigenvalue weighted by atomic mass is 79.9. The number of hydrogen-bond donors (Lipinski definition) is 1. The molecular weight excluding hydrogens is 389 g/mol. The fourth-order valence-corrected chi connectivity index (χ4v) is 3.23. The normalized spacial score (nSPS) is 12.4. The second-order valence-corrected chi connectivity index (χ2v) is 6.54. The molecule has 0 aliphatic carbocycles. The van der Waals surface area contributed by atoms with Crippen LogP contribution in [0.1, 0.15) is 24.1 Å². The van der Waals surface area contributed by atoms with Crippen molar-refractivity contribution in [3.63, 3.8) is 0 Å². The van der Waals surface area contributed by atoms with Gasteiger partial charge in [-0.3, -0.25) is 0 Å². The topological polar surface area (TPSA) is 12.0 Å². The van der Waals surface area contributed by atoms with Crippen LogP contribution in [0.4, 0.5) is 0 Å². The maximum absolute atomic E-state index is 6.21. The van der Waals surface area contributed by atoms with Crippen LogP contribution < -0.4 is 5.32 Å². The van der Waals surface area contributed by atoms with Crippen LogP contribution in [0.25, 0.3) is 0 Å². The quantitative estimate of drug-likeness (QED) is 0.689. The van der Waals surface area contributed by atoms with E-state index in [4.69, 9.17) is 11.6 Å². The molecule has 0 radical (unpaired) electrons. The number of benzene rings is 2. The van der Waals surface area contributed by atoms with Gasteiger partial charge >= 0.3 is 0 Å². The molecule has 0 bridgehead atoms. The Bertz CT molecular complexity index is 572. The molecule has 0 fully saturated rings. The molecule has 0 spiro atoms. The monoisotopic (exact) mass is 401 g/mol. The van der Waals surface area contributed by atoms with Gasteiger partial charge in [-0.15, -0.1) is 0 Å². The van der Waals surface area contributed by atoms with E-state index in [1.54, 1.807) is 0 Å². The lowest BCUT2D eigenvalue weighted by Crippen LogP contribution is -2.18. The molecule has 4 heteroatoms. The molecular formula is C15H14Br2ClN. The summed E-state index contributed by atoms with van der Waals surface area (Å²) in [4.78, 5) is 0. The van der Waals surface area contributed by atoms with Gasteiger partial charge in [0.2, 0.25) is 0 Å². The third-order valence-electron chi connectivity index (χ3n) is 2.99. The van der Waals surface area contributed by atoms with Crippen molar-refractivity contribution in [1.82, 2.24) is 5.32 Å². The smallest absolute Gasteiger partial charge is 0.0462 e. The third kappa shape index (κ3) is 4.06. The molecule has 19 heavy (non-hydrogen) atoms. The Labute approximate surface area is 135 Å². The largest absolute Gasteiger partial charge is 0.306 e. The number of halogens is 3. The van der Waals surface area contributed by atoms with E-state index in [-0.39, 0.29) is 6.04 Å². The van der Waals surface area contributed by atoms with Gasteiger partial charge in [0, 0.05) is 26.6 Å². The molecule has 0 saturated heterocycles. The summed E-state index contributed by atoms with van der Waals surface area (Å²) >= 11 is 13.2. The van der Waals surface area contributed by atoms with Crippen molar-refractivity contribution in [2.24, 2.45) is 0 Å². The second kappa shape index (κ2) is 6.89. The fraction of sp³-hybridized carbons (Fsp3) is 0.200. The van der Waals surface area contributed by atoms with Crippen LogP contribution >= 0.6 is 43.5 Å². The van der Waals surface area contributed by atoms with Crippen molar-refractivity contribution < 1.29 is 0 Å². The lowest BCUT2D eigenvalue weighted by atomic mass is 10.1. The van der Waals surface area contributed by atoms with Gasteiger partial charge in [-0.2, -0.15) is 0 Å².